The molecule has 3 saturated heterocycles. The molecule has 5 nitrogen and oxygen atoms in total. The van der Waals surface area contributed by atoms with Crippen LogP contribution in [-0.2, 0) is 14.2 Å². The summed E-state index contributed by atoms with van der Waals surface area (Å²) in [6, 6.07) is 2.25. The molecule has 2 bridgehead atoms. The van der Waals surface area contributed by atoms with E-state index in [-0.39, 0.29) is 12.0 Å². The monoisotopic (exact) mass is 291 g/mol. The van der Waals surface area contributed by atoms with Crippen LogP contribution in [-0.4, -0.2) is 37.0 Å². The Morgan fingerprint density at radius 3 is 2.71 bits per heavy atom. The van der Waals surface area contributed by atoms with Gasteiger partial charge in [-0.15, -0.1) is 0 Å². The molecule has 0 aliphatic carbocycles. The largest absolute Gasteiger partial charge is 0.384 e. The highest BCUT2D eigenvalue weighted by Crippen LogP contribution is 2.47. The number of aliphatic hydroxyl groups is 1. The van der Waals surface area contributed by atoms with Gasteiger partial charge in [-0.05, 0) is 18.9 Å². The summed E-state index contributed by atoms with van der Waals surface area (Å²) < 4.78 is 17.3. The van der Waals surface area contributed by atoms with Crippen molar-refractivity contribution in [2.45, 2.75) is 44.7 Å². The molecule has 5 heteroatoms. The Kier molecular flexibility index (Phi) is 5.39. The first kappa shape index (κ1) is 16.0. The minimum Gasteiger partial charge on any atom is -0.384 e. The van der Waals surface area contributed by atoms with Crippen LogP contribution in [0, 0.1) is 28.6 Å². The molecule has 0 amide bonds. The fraction of sp³-hybridized carbons (Fsp3) is 0.688. The molecule has 0 aromatic heterocycles. The Hall–Kier alpha value is -1.37. The molecule has 0 spiro atoms. The van der Waals surface area contributed by atoms with Gasteiger partial charge in [0.05, 0.1) is 24.7 Å². The van der Waals surface area contributed by atoms with Crippen molar-refractivity contribution in [3.05, 3.63) is 12.2 Å². The smallest absolute Gasteiger partial charge is 0.284 e. The molecule has 3 heterocycles. The fourth-order valence-electron chi connectivity index (χ4n) is 2.76. The summed E-state index contributed by atoms with van der Waals surface area (Å²) in [5.74, 6) is 4.14. The van der Waals surface area contributed by atoms with Gasteiger partial charge in [0, 0.05) is 6.42 Å². The summed E-state index contributed by atoms with van der Waals surface area (Å²) in [7, 11) is 0. The lowest BCUT2D eigenvalue weighted by Gasteiger charge is -2.54. The van der Waals surface area contributed by atoms with E-state index in [9.17, 15) is 5.26 Å². The van der Waals surface area contributed by atoms with E-state index in [1.165, 1.54) is 0 Å². The molecule has 0 saturated carbocycles. The standard InChI is InChI=1S/C16H21NO4/c1-2-8-15-12-19-16(20-13-15,21-14(15)11-17)9-6-4-3-5-7-10-18/h3-4,14,18H,2,6,8-10,12-13H2,1H3. The zero-order valence-electron chi connectivity index (χ0n) is 12.3. The van der Waals surface area contributed by atoms with Gasteiger partial charge in [-0.2, -0.15) is 5.26 Å². The minimum atomic E-state index is -1.09. The summed E-state index contributed by atoms with van der Waals surface area (Å²) in [5, 5.41) is 17.9. The SMILES string of the molecule is CCCC12COC(CCC=CC#CCO)(OC1)OC2C#N. The number of rotatable bonds is 5. The molecule has 3 aliphatic rings. The van der Waals surface area contributed by atoms with Crippen LogP contribution in [0.3, 0.4) is 0 Å². The van der Waals surface area contributed by atoms with Gasteiger partial charge in [0.15, 0.2) is 6.10 Å². The van der Waals surface area contributed by atoms with Gasteiger partial charge in [-0.1, -0.05) is 31.3 Å². The first-order valence-corrected chi connectivity index (χ1v) is 7.30. The van der Waals surface area contributed by atoms with E-state index < -0.39 is 12.1 Å². The van der Waals surface area contributed by atoms with Gasteiger partial charge in [0.2, 0.25) is 0 Å². The van der Waals surface area contributed by atoms with E-state index in [2.05, 4.69) is 24.8 Å². The molecular formula is C16H21NO4. The van der Waals surface area contributed by atoms with Crippen molar-refractivity contribution in [2.24, 2.45) is 5.41 Å². The van der Waals surface area contributed by atoms with E-state index in [1.54, 1.807) is 6.08 Å². The molecule has 1 unspecified atom stereocenters. The van der Waals surface area contributed by atoms with Crippen LogP contribution >= 0.6 is 0 Å². The lowest BCUT2D eigenvalue weighted by molar-refractivity contribution is -0.482. The average molecular weight is 291 g/mol. The summed E-state index contributed by atoms with van der Waals surface area (Å²) in [6.07, 6.45) is 6.09. The topological polar surface area (TPSA) is 71.7 Å². The Labute approximate surface area is 125 Å². The van der Waals surface area contributed by atoms with Gasteiger partial charge < -0.3 is 19.3 Å². The van der Waals surface area contributed by atoms with Crippen LogP contribution in [0.4, 0.5) is 0 Å². The van der Waals surface area contributed by atoms with E-state index in [0.717, 1.165) is 12.8 Å². The zero-order chi connectivity index (χ0) is 15.2. The van der Waals surface area contributed by atoms with E-state index >= 15 is 0 Å². The highest BCUT2D eigenvalue weighted by atomic mass is 16.9. The lowest BCUT2D eigenvalue weighted by Crippen LogP contribution is -2.64. The van der Waals surface area contributed by atoms with Crippen LogP contribution in [0.2, 0.25) is 0 Å². The van der Waals surface area contributed by atoms with Gasteiger partial charge in [-0.25, -0.2) is 0 Å². The zero-order valence-corrected chi connectivity index (χ0v) is 12.3. The highest BCUT2D eigenvalue weighted by Gasteiger charge is 2.57. The Morgan fingerprint density at radius 1 is 1.33 bits per heavy atom. The minimum absolute atomic E-state index is 0.146. The van der Waals surface area contributed by atoms with Crippen molar-refractivity contribution in [3.63, 3.8) is 0 Å². The van der Waals surface area contributed by atoms with Crippen molar-refractivity contribution >= 4 is 0 Å². The average Bonchev–Trinajstić information content (AvgIpc) is 2.52. The predicted molar refractivity (Wildman–Crippen MR) is 75.7 cm³/mol. The number of hydrogen-bond acceptors (Lipinski definition) is 5. The van der Waals surface area contributed by atoms with Crippen LogP contribution in [0.25, 0.3) is 0 Å². The van der Waals surface area contributed by atoms with Crippen LogP contribution in [0.15, 0.2) is 12.2 Å². The molecular weight excluding hydrogens is 270 g/mol. The molecule has 1 atom stereocenters. The number of aliphatic hydroxyl groups excluding tert-OH is 1. The maximum Gasteiger partial charge on any atom is 0.284 e. The number of fused-ring (bicyclic) bond motifs is 3. The van der Waals surface area contributed by atoms with E-state index in [0.29, 0.717) is 26.1 Å². The summed E-state index contributed by atoms with van der Waals surface area (Å²) in [4.78, 5) is 0. The molecule has 0 radical (unpaired) electrons. The maximum atomic E-state index is 9.35. The van der Waals surface area contributed by atoms with Crippen molar-refractivity contribution in [1.29, 1.82) is 5.26 Å². The molecule has 3 rings (SSSR count). The third kappa shape index (κ3) is 3.45. The van der Waals surface area contributed by atoms with Crippen molar-refractivity contribution in [3.8, 4) is 17.9 Å². The first-order chi connectivity index (χ1) is 10.2. The molecule has 1 N–H and O–H groups in total. The van der Waals surface area contributed by atoms with E-state index in [4.69, 9.17) is 19.3 Å². The summed E-state index contributed by atoms with van der Waals surface area (Å²) in [5.41, 5.74) is -0.326. The molecule has 0 aromatic rings. The van der Waals surface area contributed by atoms with Crippen LogP contribution in [0.5, 0.6) is 0 Å². The Bertz CT molecular complexity index is 475. The van der Waals surface area contributed by atoms with Crippen LogP contribution in [0.1, 0.15) is 32.6 Å². The second-order valence-electron chi connectivity index (χ2n) is 5.42. The molecule has 114 valence electrons. The Balaban J connectivity index is 1.94. The van der Waals surface area contributed by atoms with Gasteiger partial charge >= 0.3 is 0 Å². The highest BCUT2D eigenvalue weighted by molar-refractivity contribution is 5.15. The van der Waals surface area contributed by atoms with Crippen molar-refractivity contribution < 1.29 is 19.3 Å². The van der Waals surface area contributed by atoms with E-state index in [1.807, 2.05) is 6.08 Å². The number of nitrogens with zero attached hydrogens (tertiary/aromatic N) is 1. The van der Waals surface area contributed by atoms with Gasteiger partial charge in [0.1, 0.15) is 6.61 Å². The fourth-order valence-corrected chi connectivity index (χ4v) is 2.76. The number of ether oxygens (including phenoxy) is 3. The first-order valence-electron chi connectivity index (χ1n) is 7.30. The maximum absolute atomic E-state index is 9.35. The second-order valence-corrected chi connectivity index (χ2v) is 5.42. The third-order valence-electron chi connectivity index (χ3n) is 3.88. The van der Waals surface area contributed by atoms with Crippen molar-refractivity contribution in [2.75, 3.05) is 19.8 Å². The molecule has 3 aliphatic heterocycles. The number of hydrogen-bond donors (Lipinski definition) is 1. The lowest BCUT2D eigenvalue weighted by atomic mass is 9.78. The number of nitriles is 1. The molecule has 21 heavy (non-hydrogen) atoms. The summed E-state index contributed by atoms with van der Waals surface area (Å²) in [6.45, 7) is 2.95. The second kappa shape index (κ2) is 7.06. The molecule has 3 fully saturated rings. The summed E-state index contributed by atoms with van der Waals surface area (Å²) >= 11 is 0. The van der Waals surface area contributed by atoms with Crippen molar-refractivity contribution in [1.82, 2.24) is 0 Å². The Morgan fingerprint density at radius 2 is 2.10 bits per heavy atom. The molecule has 0 aromatic carbocycles. The quantitative estimate of drug-likeness (QED) is 0.781. The van der Waals surface area contributed by atoms with Gasteiger partial charge in [-0.3, -0.25) is 0 Å². The van der Waals surface area contributed by atoms with Gasteiger partial charge in [0.25, 0.3) is 5.97 Å². The number of allylic oxidation sites excluding steroid dienone is 2. The third-order valence-corrected chi connectivity index (χ3v) is 3.88. The van der Waals surface area contributed by atoms with Crippen LogP contribution < -0.4 is 0 Å². The normalized spacial score (nSPS) is 34.4. The predicted octanol–water partition coefficient (Wildman–Crippen LogP) is 1.73.